The predicted molar refractivity (Wildman–Crippen MR) is 117 cm³/mol. The Morgan fingerprint density at radius 1 is 1.21 bits per heavy atom. The van der Waals surface area contributed by atoms with E-state index in [0.29, 0.717) is 12.5 Å². The number of rotatable bonds is 6. The standard InChI is InChI=1S/C24H33N3O/c1-18(23-9-7-6-8-10-23)15-19(2)26-13-11-24(28,12-14-26)16-27-17-25-21(4)20(3)22(27)5/h6-10,17-18,28H,2,5,11-16H2,1,3-4H3/t18-/m1/s1. The van der Waals surface area contributed by atoms with E-state index in [1.807, 2.05) is 18.7 Å². The van der Waals surface area contributed by atoms with E-state index in [0.717, 1.165) is 55.0 Å². The Morgan fingerprint density at radius 2 is 1.86 bits per heavy atom. The summed E-state index contributed by atoms with van der Waals surface area (Å²) in [6, 6.07) is 10.6. The molecule has 0 radical (unpaired) electrons. The van der Waals surface area contributed by atoms with Gasteiger partial charge in [-0.1, -0.05) is 50.4 Å². The zero-order valence-corrected chi connectivity index (χ0v) is 17.5. The summed E-state index contributed by atoms with van der Waals surface area (Å²) in [5, 5.41) is 11.1. The van der Waals surface area contributed by atoms with Gasteiger partial charge >= 0.3 is 0 Å². The van der Waals surface area contributed by atoms with Gasteiger partial charge in [0.2, 0.25) is 0 Å². The molecular weight excluding hydrogens is 346 g/mol. The molecule has 2 aliphatic rings. The van der Waals surface area contributed by atoms with Crippen molar-refractivity contribution in [3.05, 3.63) is 71.7 Å². The van der Waals surface area contributed by atoms with Crippen LogP contribution in [0.3, 0.4) is 0 Å². The number of hydrogen-bond acceptors (Lipinski definition) is 4. The number of aliphatic imine (C=N–C) groups is 1. The third-order valence-corrected chi connectivity index (χ3v) is 6.23. The van der Waals surface area contributed by atoms with Crippen molar-refractivity contribution in [1.82, 2.24) is 9.80 Å². The number of benzene rings is 1. The van der Waals surface area contributed by atoms with Crippen molar-refractivity contribution in [3.8, 4) is 0 Å². The van der Waals surface area contributed by atoms with Gasteiger partial charge < -0.3 is 14.9 Å². The molecule has 0 amide bonds. The van der Waals surface area contributed by atoms with Gasteiger partial charge in [-0.05, 0) is 50.2 Å². The van der Waals surface area contributed by atoms with Crippen LogP contribution in [0.25, 0.3) is 0 Å². The fourth-order valence-electron chi connectivity index (χ4n) is 3.98. The van der Waals surface area contributed by atoms with Gasteiger partial charge in [-0.2, -0.15) is 0 Å². The van der Waals surface area contributed by atoms with Gasteiger partial charge in [-0.25, -0.2) is 4.99 Å². The van der Waals surface area contributed by atoms with Gasteiger partial charge in [-0.15, -0.1) is 0 Å². The number of allylic oxidation sites excluding steroid dienone is 3. The lowest BCUT2D eigenvalue weighted by Crippen LogP contribution is -2.50. The third kappa shape index (κ3) is 4.56. The van der Waals surface area contributed by atoms with E-state index in [-0.39, 0.29) is 0 Å². The number of hydrogen-bond donors (Lipinski definition) is 1. The van der Waals surface area contributed by atoms with Crippen LogP contribution in [-0.4, -0.2) is 46.5 Å². The van der Waals surface area contributed by atoms with Crippen LogP contribution < -0.4 is 0 Å². The Hall–Kier alpha value is -2.33. The molecule has 1 fully saturated rings. The molecule has 0 saturated carbocycles. The van der Waals surface area contributed by atoms with Crippen LogP contribution >= 0.6 is 0 Å². The van der Waals surface area contributed by atoms with Gasteiger partial charge in [0.25, 0.3) is 0 Å². The molecule has 28 heavy (non-hydrogen) atoms. The molecule has 0 aromatic heterocycles. The Morgan fingerprint density at radius 3 is 2.50 bits per heavy atom. The van der Waals surface area contributed by atoms with Crippen LogP contribution in [0, 0.1) is 0 Å². The van der Waals surface area contributed by atoms with E-state index in [1.165, 1.54) is 5.56 Å². The second kappa shape index (κ2) is 8.36. The number of likely N-dealkylation sites (tertiary alicyclic amines) is 1. The first kappa shape index (κ1) is 20.4. The SMILES string of the molecule is C=C1C(C)=C(C)N=CN1CC1(O)CCN(C(=C)C[C@@H](C)c2ccccc2)CC1. The zero-order chi connectivity index (χ0) is 20.3. The van der Waals surface area contributed by atoms with Crippen molar-refractivity contribution in [1.29, 1.82) is 0 Å². The Labute approximate surface area is 169 Å². The molecule has 1 atom stereocenters. The highest BCUT2D eigenvalue weighted by Gasteiger charge is 2.35. The molecule has 4 nitrogen and oxygen atoms in total. The van der Waals surface area contributed by atoms with Gasteiger partial charge in [-0.3, -0.25) is 0 Å². The zero-order valence-electron chi connectivity index (χ0n) is 17.5. The molecule has 2 heterocycles. The van der Waals surface area contributed by atoms with Gasteiger partial charge in [0.15, 0.2) is 0 Å². The summed E-state index contributed by atoms with van der Waals surface area (Å²) >= 11 is 0. The minimum absolute atomic E-state index is 0.445. The third-order valence-electron chi connectivity index (χ3n) is 6.23. The molecule has 1 aromatic carbocycles. The summed E-state index contributed by atoms with van der Waals surface area (Å²) in [5.41, 5.74) is 4.81. The van der Waals surface area contributed by atoms with Crippen molar-refractivity contribution < 1.29 is 5.11 Å². The lowest BCUT2D eigenvalue weighted by Gasteiger charge is -2.43. The first-order valence-electron chi connectivity index (χ1n) is 10.2. The summed E-state index contributed by atoms with van der Waals surface area (Å²) < 4.78 is 0. The summed E-state index contributed by atoms with van der Waals surface area (Å²) in [4.78, 5) is 8.75. The quantitative estimate of drug-likeness (QED) is 0.780. The number of piperidine rings is 1. The second-order valence-electron chi connectivity index (χ2n) is 8.32. The Bertz CT molecular complexity index is 785. The van der Waals surface area contributed by atoms with Crippen molar-refractivity contribution in [2.45, 2.75) is 51.6 Å². The number of β-amino-alcohol motifs (C(OH)–C–C–N with tert-alkyl or cyclic N) is 1. The van der Waals surface area contributed by atoms with Gasteiger partial charge in [0.1, 0.15) is 0 Å². The summed E-state index contributed by atoms with van der Waals surface area (Å²) in [6.07, 6.45) is 4.20. The molecule has 0 bridgehead atoms. The van der Waals surface area contributed by atoms with Crippen LogP contribution in [0.15, 0.2) is 71.1 Å². The lowest BCUT2D eigenvalue weighted by atomic mass is 9.89. The van der Waals surface area contributed by atoms with Crippen molar-refractivity contribution in [3.63, 3.8) is 0 Å². The highest BCUT2D eigenvalue weighted by molar-refractivity contribution is 5.65. The summed E-state index contributed by atoms with van der Waals surface area (Å²) in [5.74, 6) is 0.445. The normalized spacial score (nSPS) is 20.5. The number of aliphatic hydroxyl groups is 1. The highest BCUT2D eigenvalue weighted by Crippen LogP contribution is 2.31. The van der Waals surface area contributed by atoms with Crippen LogP contribution in [0.2, 0.25) is 0 Å². The molecule has 0 aliphatic carbocycles. The Balaban J connectivity index is 1.53. The molecule has 2 aliphatic heterocycles. The Kier molecular flexibility index (Phi) is 6.09. The van der Waals surface area contributed by atoms with Crippen molar-refractivity contribution >= 4 is 6.34 Å². The molecule has 0 unspecified atom stereocenters. The largest absolute Gasteiger partial charge is 0.388 e. The average Bonchev–Trinajstić information content (AvgIpc) is 2.69. The van der Waals surface area contributed by atoms with E-state index in [9.17, 15) is 5.11 Å². The second-order valence-corrected chi connectivity index (χ2v) is 8.32. The highest BCUT2D eigenvalue weighted by atomic mass is 16.3. The van der Waals surface area contributed by atoms with E-state index < -0.39 is 5.60 Å². The van der Waals surface area contributed by atoms with E-state index in [1.54, 1.807) is 6.34 Å². The lowest BCUT2D eigenvalue weighted by molar-refractivity contribution is -0.0240. The van der Waals surface area contributed by atoms with Crippen LogP contribution in [-0.2, 0) is 0 Å². The predicted octanol–water partition coefficient (Wildman–Crippen LogP) is 4.67. The number of nitrogens with zero attached hydrogens (tertiary/aromatic N) is 3. The van der Waals surface area contributed by atoms with Crippen LogP contribution in [0.4, 0.5) is 0 Å². The average molecular weight is 380 g/mol. The van der Waals surface area contributed by atoms with Crippen LogP contribution in [0.1, 0.15) is 51.5 Å². The summed E-state index contributed by atoms with van der Waals surface area (Å²) in [7, 11) is 0. The topological polar surface area (TPSA) is 39.1 Å². The maximum absolute atomic E-state index is 11.1. The van der Waals surface area contributed by atoms with Crippen molar-refractivity contribution in [2.75, 3.05) is 19.6 Å². The monoisotopic (exact) mass is 379 g/mol. The molecule has 1 N–H and O–H groups in total. The van der Waals surface area contributed by atoms with E-state index >= 15 is 0 Å². The summed E-state index contributed by atoms with van der Waals surface area (Å²) in [6.45, 7) is 17.0. The van der Waals surface area contributed by atoms with Gasteiger partial charge in [0, 0.05) is 30.2 Å². The van der Waals surface area contributed by atoms with E-state index in [4.69, 9.17) is 0 Å². The van der Waals surface area contributed by atoms with Crippen molar-refractivity contribution in [2.24, 2.45) is 4.99 Å². The fourth-order valence-corrected chi connectivity index (χ4v) is 3.98. The van der Waals surface area contributed by atoms with E-state index in [2.05, 4.69) is 60.3 Å². The first-order valence-corrected chi connectivity index (χ1v) is 10.2. The molecule has 1 saturated heterocycles. The minimum atomic E-state index is -0.720. The first-order chi connectivity index (χ1) is 13.3. The maximum Gasteiger partial charge on any atom is 0.0953 e. The molecule has 3 rings (SSSR count). The van der Waals surface area contributed by atoms with Gasteiger partial charge in [0.05, 0.1) is 18.5 Å². The molecule has 150 valence electrons. The maximum atomic E-state index is 11.1. The molecule has 1 aromatic rings. The molecule has 4 heteroatoms. The molecule has 0 spiro atoms. The minimum Gasteiger partial charge on any atom is -0.388 e. The van der Waals surface area contributed by atoms with Crippen LogP contribution in [0.5, 0.6) is 0 Å². The smallest absolute Gasteiger partial charge is 0.0953 e. The fraction of sp³-hybridized carbons (Fsp3) is 0.458. The molecular formula is C24H33N3O.